The summed E-state index contributed by atoms with van der Waals surface area (Å²) in [5.41, 5.74) is 2.07. The zero-order valence-electron chi connectivity index (χ0n) is 10.2. The summed E-state index contributed by atoms with van der Waals surface area (Å²) in [5.74, 6) is 3.66. The van der Waals surface area contributed by atoms with Gasteiger partial charge in [0.25, 0.3) is 0 Å². The summed E-state index contributed by atoms with van der Waals surface area (Å²) >= 11 is 0. The number of nitrogens with one attached hydrogen (secondary N) is 2. The molecule has 0 aliphatic carbocycles. The number of hydrogen-bond donors (Lipinski definition) is 3. The normalized spacial score (nSPS) is 25.1. The van der Waals surface area contributed by atoms with E-state index in [0.717, 1.165) is 0 Å². The number of nitrogens with two attached hydrogens (primary N) is 1. The topological polar surface area (TPSA) is 105 Å². The van der Waals surface area contributed by atoms with Gasteiger partial charge < -0.3 is 0 Å². The van der Waals surface area contributed by atoms with Crippen LogP contribution in [0.1, 0.15) is 20.8 Å². The SMILES string of the molecule is CC(C(=O)NN)C(C)N1CC(=O)NC(=O)C1C. The molecule has 0 aromatic carbocycles. The van der Waals surface area contributed by atoms with Crippen LogP contribution in [-0.4, -0.2) is 41.2 Å². The zero-order chi connectivity index (χ0) is 13.2. The van der Waals surface area contributed by atoms with Crippen molar-refractivity contribution in [1.29, 1.82) is 0 Å². The standard InChI is InChI=1S/C10H18N4O3/c1-5(9(16)13-11)6(2)14-4-8(15)12-10(17)7(14)3/h5-7H,4,11H2,1-3H3,(H,13,16)(H,12,15,17). The highest BCUT2D eigenvalue weighted by atomic mass is 16.2. The number of nitrogens with zero attached hydrogens (tertiary/aromatic N) is 1. The first kappa shape index (κ1) is 13.6. The molecule has 0 radical (unpaired) electrons. The number of imide groups is 1. The van der Waals surface area contributed by atoms with Crippen LogP contribution in [0.15, 0.2) is 0 Å². The highest BCUT2D eigenvalue weighted by molar-refractivity contribution is 6.01. The number of rotatable bonds is 3. The Morgan fingerprint density at radius 1 is 1.53 bits per heavy atom. The fraction of sp³-hybridized carbons (Fsp3) is 0.700. The van der Waals surface area contributed by atoms with Crippen molar-refractivity contribution in [2.24, 2.45) is 11.8 Å². The molecule has 0 spiro atoms. The molecule has 1 aliphatic rings. The van der Waals surface area contributed by atoms with Crippen molar-refractivity contribution in [1.82, 2.24) is 15.6 Å². The van der Waals surface area contributed by atoms with Gasteiger partial charge in [-0.05, 0) is 13.8 Å². The molecule has 0 aromatic rings. The van der Waals surface area contributed by atoms with Gasteiger partial charge in [0, 0.05) is 6.04 Å². The second kappa shape index (κ2) is 5.24. The second-order valence-corrected chi connectivity index (χ2v) is 4.30. The molecule has 7 heteroatoms. The first-order chi connectivity index (χ1) is 7.88. The van der Waals surface area contributed by atoms with E-state index in [0.29, 0.717) is 0 Å². The van der Waals surface area contributed by atoms with Crippen molar-refractivity contribution in [2.45, 2.75) is 32.9 Å². The molecule has 3 unspecified atom stereocenters. The van der Waals surface area contributed by atoms with Crippen molar-refractivity contribution in [2.75, 3.05) is 6.54 Å². The highest BCUT2D eigenvalue weighted by Gasteiger charge is 2.36. The predicted octanol–water partition coefficient (Wildman–Crippen LogP) is -1.65. The van der Waals surface area contributed by atoms with Gasteiger partial charge >= 0.3 is 0 Å². The van der Waals surface area contributed by atoms with Crippen LogP contribution in [0, 0.1) is 5.92 Å². The van der Waals surface area contributed by atoms with E-state index < -0.39 is 12.0 Å². The van der Waals surface area contributed by atoms with Gasteiger partial charge in [-0.2, -0.15) is 0 Å². The van der Waals surface area contributed by atoms with E-state index in [1.807, 2.05) is 0 Å². The van der Waals surface area contributed by atoms with Crippen molar-refractivity contribution < 1.29 is 14.4 Å². The summed E-state index contributed by atoms with van der Waals surface area (Å²) in [4.78, 5) is 35.9. The quantitative estimate of drug-likeness (QED) is 0.238. The lowest BCUT2D eigenvalue weighted by Gasteiger charge is -2.38. The molecule has 96 valence electrons. The van der Waals surface area contributed by atoms with Crippen molar-refractivity contribution in [3.63, 3.8) is 0 Å². The largest absolute Gasteiger partial charge is 0.294 e. The molecule has 1 heterocycles. The second-order valence-electron chi connectivity index (χ2n) is 4.30. The fourth-order valence-electron chi connectivity index (χ4n) is 1.87. The molecule has 1 aliphatic heterocycles. The predicted molar refractivity (Wildman–Crippen MR) is 60.3 cm³/mol. The van der Waals surface area contributed by atoms with Gasteiger partial charge in [0.1, 0.15) is 0 Å². The van der Waals surface area contributed by atoms with Crippen molar-refractivity contribution >= 4 is 17.7 Å². The van der Waals surface area contributed by atoms with E-state index in [4.69, 9.17) is 5.84 Å². The lowest BCUT2D eigenvalue weighted by Crippen LogP contribution is -2.61. The summed E-state index contributed by atoms with van der Waals surface area (Å²) in [6.07, 6.45) is 0. The van der Waals surface area contributed by atoms with E-state index >= 15 is 0 Å². The van der Waals surface area contributed by atoms with Crippen molar-refractivity contribution in [3.05, 3.63) is 0 Å². The van der Waals surface area contributed by atoms with Crippen LogP contribution < -0.4 is 16.6 Å². The smallest absolute Gasteiger partial charge is 0.243 e. The minimum atomic E-state index is -0.435. The molecule has 17 heavy (non-hydrogen) atoms. The monoisotopic (exact) mass is 242 g/mol. The van der Waals surface area contributed by atoms with Gasteiger partial charge in [-0.25, -0.2) is 5.84 Å². The number of hydrazine groups is 1. The van der Waals surface area contributed by atoms with Crippen molar-refractivity contribution in [3.8, 4) is 0 Å². The summed E-state index contributed by atoms with van der Waals surface area (Å²) in [6, 6.07) is -0.681. The molecule has 3 amide bonds. The molecule has 7 nitrogen and oxygen atoms in total. The Kier molecular flexibility index (Phi) is 4.19. The van der Waals surface area contributed by atoms with E-state index in [1.54, 1.807) is 25.7 Å². The Morgan fingerprint density at radius 2 is 2.12 bits per heavy atom. The Balaban J connectivity index is 2.79. The highest BCUT2D eigenvalue weighted by Crippen LogP contribution is 2.16. The number of piperazine rings is 1. The van der Waals surface area contributed by atoms with E-state index in [9.17, 15) is 14.4 Å². The molecule has 4 N–H and O–H groups in total. The van der Waals surface area contributed by atoms with Gasteiger partial charge in [-0.15, -0.1) is 0 Å². The Hall–Kier alpha value is -1.47. The van der Waals surface area contributed by atoms with Gasteiger partial charge in [-0.1, -0.05) is 6.92 Å². The lowest BCUT2D eigenvalue weighted by molar-refractivity contribution is -0.143. The van der Waals surface area contributed by atoms with Crippen LogP contribution in [0.3, 0.4) is 0 Å². The maximum atomic E-state index is 11.5. The fourth-order valence-corrected chi connectivity index (χ4v) is 1.87. The van der Waals surface area contributed by atoms with Crippen LogP contribution in [0.4, 0.5) is 0 Å². The van der Waals surface area contributed by atoms with Crippen LogP contribution in [0.5, 0.6) is 0 Å². The molecule has 1 fully saturated rings. The molecule has 0 aromatic heterocycles. The van der Waals surface area contributed by atoms with Gasteiger partial charge in [0.15, 0.2) is 0 Å². The molecule has 3 atom stereocenters. The summed E-state index contributed by atoms with van der Waals surface area (Å²) in [6.45, 7) is 5.31. The maximum absolute atomic E-state index is 11.5. The minimum absolute atomic E-state index is 0.107. The summed E-state index contributed by atoms with van der Waals surface area (Å²) in [5, 5.41) is 2.25. The zero-order valence-corrected chi connectivity index (χ0v) is 10.2. The third kappa shape index (κ3) is 2.80. The lowest BCUT2D eigenvalue weighted by atomic mass is 9.98. The van der Waals surface area contributed by atoms with Crippen LogP contribution in [-0.2, 0) is 14.4 Å². The maximum Gasteiger partial charge on any atom is 0.243 e. The molecule has 0 bridgehead atoms. The van der Waals surface area contributed by atoms with E-state index in [1.165, 1.54) is 0 Å². The van der Waals surface area contributed by atoms with E-state index in [2.05, 4.69) is 10.7 Å². The number of hydrogen-bond acceptors (Lipinski definition) is 5. The van der Waals surface area contributed by atoms with Gasteiger partial charge in [0.05, 0.1) is 18.5 Å². The van der Waals surface area contributed by atoms with Crippen LogP contribution in [0.25, 0.3) is 0 Å². The Bertz CT molecular complexity index is 344. The Labute approximate surface area is 99.7 Å². The molecular formula is C10H18N4O3. The van der Waals surface area contributed by atoms with Crippen LogP contribution >= 0.6 is 0 Å². The number of carbonyl (C=O) groups excluding carboxylic acids is 3. The van der Waals surface area contributed by atoms with Gasteiger partial charge in [0.2, 0.25) is 17.7 Å². The van der Waals surface area contributed by atoms with E-state index in [-0.39, 0.29) is 30.3 Å². The molecule has 1 saturated heterocycles. The number of carbonyl (C=O) groups is 3. The minimum Gasteiger partial charge on any atom is -0.294 e. The average Bonchev–Trinajstić information content (AvgIpc) is 2.30. The average molecular weight is 242 g/mol. The Morgan fingerprint density at radius 3 is 2.65 bits per heavy atom. The third-order valence-corrected chi connectivity index (χ3v) is 3.27. The summed E-state index contributed by atoms with van der Waals surface area (Å²) < 4.78 is 0. The molecule has 0 saturated carbocycles. The third-order valence-electron chi connectivity index (χ3n) is 3.27. The first-order valence-electron chi connectivity index (χ1n) is 5.48. The first-order valence-corrected chi connectivity index (χ1v) is 5.48. The molecular weight excluding hydrogens is 224 g/mol. The van der Waals surface area contributed by atoms with Gasteiger partial charge in [-0.3, -0.25) is 30.0 Å². The molecule has 1 rings (SSSR count). The van der Waals surface area contributed by atoms with Crippen LogP contribution in [0.2, 0.25) is 0 Å². The number of amides is 3. The summed E-state index contributed by atoms with van der Waals surface area (Å²) in [7, 11) is 0.